The maximum Gasteiger partial charge on any atom is 0.224 e. The van der Waals surface area contributed by atoms with E-state index < -0.39 is 0 Å². The summed E-state index contributed by atoms with van der Waals surface area (Å²) in [5, 5.41) is 6.91. The average Bonchev–Trinajstić information content (AvgIpc) is 3.35. The van der Waals surface area contributed by atoms with Gasteiger partial charge in [0, 0.05) is 30.9 Å². The molecule has 1 aromatic rings. The van der Waals surface area contributed by atoms with E-state index in [1.165, 1.54) is 19.3 Å². The zero-order valence-electron chi connectivity index (χ0n) is 16.0. The number of carbonyl (C=O) groups excluding carboxylic acids is 1. The first-order valence-electron chi connectivity index (χ1n) is 10.2. The van der Waals surface area contributed by atoms with Gasteiger partial charge < -0.3 is 20.3 Å². The van der Waals surface area contributed by atoms with Gasteiger partial charge in [0.05, 0.1) is 5.41 Å². The van der Waals surface area contributed by atoms with Crippen LogP contribution in [0.4, 0.5) is 11.8 Å². The molecule has 2 saturated carbocycles. The third-order valence-corrected chi connectivity index (χ3v) is 6.64. The van der Waals surface area contributed by atoms with E-state index in [-0.39, 0.29) is 5.41 Å². The first kappa shape index (κ1) is 17.7. The lowest BCUT2D eigenvalue weighted by molar-refractivity contribution is -0.109. The third kappa shape index (κ3) is 3.31. The van der Waals surface area contributed by atoms with E-state index in [2.05, 4.69) is 34.5 Å². The van der Waals surface area contributed by atoms with Gasteiger partial charge in [-0.1, -0.05) is 13.3 Å². The van der Waals surface area contributed by atoms with Crippen LogP contribution in [0.2, 0.25) is 0 Å². The molecule has 0 bridgehead atoms. The highest BCUT2D eigenvalue weighted by atomic mass is 16.1. The van der Waals surface area contributed by atoms with E-state index >= 15 is 0 Å². The molecular weight excluding hydrogens is 326 g/mol. The predicted molar refractivity (Wildman–Crippen MR) is 104 cm³/mol. The summed E-state index contributed by atoms with van der Waals surface area (Å²) in [5.41, 5.74) is 0.670. The largest absolute Gasteiger partial charge is 0.356 e. The van der Waals surface area contributed by atoms with Crippen molar-refractivity contribution in [2.45, 2.75) is 69.4 Å². The van der Waals surface area contributed by atoms with Crippen LogP contribution in [-0.4, -0.2) is 48.5 Å². The zero-order chi connectivity index (χ0) is 18.1. The van der Waals surface area contributed by atoms with Crippen molar-refractivity contribution in [3.8, 4) is 0 Å². The van der Waals surface area contributed by atoms with Crippen molar-refractivity contribution in [2.24, 2.45) is 5.92 Å². The molecule has 1 aromatic heterocycles. The van der Waals surface area contributed by atoms with Gasteiger partial charge in [0.15, 0.2) is 0 Å². The Morgan fingerprint density at radius 3 is 2.65 bits per heavy atom. The quantitative estimate of drug-likeness (QED) is 0.763. The molecule has 1 saturated heterocycles. The summed E-state index contributed by atoms with van der Waals surface area (Å²) in [6.07, 6.45) is 10.8. The fourth-order valence-corrected chi connectivity index (χ4v) is 4.65. The van der Waals surface area contributed by atoms with Crippen molar-refractivity contribution in [1.29, 1.82) is 0 Å². The summed E-state index contributed by atoms with van der Waals surface area (Å²) >= 11 is 0. The second-order valence-corrected chi connectivity index (χ2v) is 8.46. The van der Waals surface area contributed by atoms with Crippen LogP contribution >= 0.6 is 0 Å². The third-order valence-electron chi connectivity index (χ3n) is 6.64. The van der Waals surface area contributed by atoms with Gasteiger partial charge in [0.25, 0.3) is 0 Å². The molecule has 0 radical (unpaired) electrons. The van der Waals surface area contributed by atoms with Gasteiger partial charge in [-0.25, -0.2) is 4.98 Å². The standard InChI is InChI=1S/C20H31N5O/c1-14-4-3-5-17(14)25(2)18-16(20(13-26)8-9-20)12-22-19(24-18)23-15-6-10-21-11-7-15/h12-15,17,21H,3-11H2,1-2H3,(H,22,23,24). The topological polar surface area (TPSA) is 70.2 Å². The number of piperidine rings is 1. The highest BCUT2D eigenvalue weighted by Crippen LogP contribution is 2.49. The number of anilines is 2. The Kier molecular flexibility index (Phi) is 4.86. The van der Waals surface area contributed by atoms with Crippen molar-refractivity contribution < 1.29 is 4.79 Å². The average molecular weight is 358 g/mol. The molecule has 1 aliphatic heterocycles. The molecule has 6 heteroatoms. The molecular formula is C20H31N5O. The first-order chi connectivity index (χ1) is 12.6. The van der Waals surface area contributed by atoms with E-state index in [4.69, 9.17) is 4.98 Å². The van der Waals surface area contributed by atoms with Crippen LogP contribution in [0.5, 0.6) is 0 Å². The molecule has 3 fully saturated rings. The minimum atomic E-state index is -0.348. The molecule has 0 amide bonds. The zero-order valence-corrected chi connectivity index (χ0v) is 16.0. The summed E-state index contributed by atoms with van der Waals surface area (Å²) in [7, 11) is 2.15. The number of hydrogen-bond acceptors (Lipinski definition) is 6. The molecule has 2 heterocycles. The molecule has 2 aliphatic carbocycles. The normalized spacial score (nSPS) is 27.9. The Hall–Kier alpha value is -1.69. The van der Waals surface area contributed by atoms with Crippen molar-refractivity contribution in [3.63, 3.8) is 0 Å². The van der Waals surface area contributed by atoms with Gasteiger partial charge in [-0.2, -0.15) is 4.98 Å². The Balaban J connectivity index is 1.63. The lowest BCUT2D eigenvalue weighted by Crippen LogP contribution is -2.37. The van der Waals surface area contributed by atoms with Crippen LogP contribution in [-0.2, 0) is 10.2 Å². The summed E-state index contributed by atoms with van der Waals surface area (Å²) in [6, 6.07) is 0.921. The molecule has 2 atom stereocenters. The Bertz CT molecular complexity index is 654. The van der Waals surface area contributed by atoms with Crippen LogP contribution in [0.3, 0.4) is 0 Å². The highest BCUT2D eigenvalue weighted by molar-refractivity contribution is 5.77. The van der Waals surface area contributed by atoms with Gasteiger partial charge in [-0.3, -0.25) is 0 Å². The molecule has 0 spiro atoms. The van der Waals surface area contributed by atoms with Gasteiger partial charge in [0.2, 0.25) is 5.95 Å². The molecule has 0 aromatic carbocycles. The summed E-state index contributed by atoms with van der Waals surface area (Å²) in [5.74, 6) is 2.32. The van der Waals surface area contributed by atoms with E-state index in [0.29, 0.717) is 23.9 Å². The van der Waals surface area contributed by atoms with Gasteiger partial charge in [-0.15, -0.1) is 0 Å². The fraction of sp³-hybridized carbons (Fsp3) is 0.750. The van der Waals surface area contributed by atoms with Crippen LogP contribution in [0.15, 0.2) is 6.20 Å². The molecule has 4 rings (SSSR count). The first-order valence-corrected chi connectivity index (χ1v) is 10.2. The van der Waals surface area contributed by atoms with Gasteiger partial charge in [0.1, 0.15) is 12.1 Å². The van der Waals surface area contributed by atoms with Crippen LogP contribution in [0.25, 0.3) is 0 Å². The number of aldehydes is 1. The molecule has 142 valence electrons. The molecule has 6 nitrogen and oxygen atoms in total. The van der Waals surface area contributed by atoms with Gasteiger partial charge >= 0.3 is 0 Å². The number of nitrogens with one attached hydrogen (secondary N) is 2. The predicted octanol–water partition coefficient (Wildman–Crippen LogP) is 2.50. The van der Waals surface area contributed by atoms with Crippen molar-refractivity contribution in [2.75, 3.05) is 30.4 Å². The van der Waals surface area contributed by atoms with E-state index in [1.807, 2.05) is 6.20 Å². The summed E-state index contributed by atoms with van der Waals surface area (Å²) in [6.45, 7) is 4.41. The number of carbonyl (C=O) groups is 1. The Morgan fingerprint density at radius 1 is 1.27 bits per heavy atom. The molecule has 2 unspecified atom stereocenters. The van der Waals surface area contributed by atoms with Crippen molar-refractivity contribution in [3.05, 3.63) is 11.8 Å². The highest BCUT2D eigenvalue weighted by Gasteiger charge is 2.47. The van der Waals surface area contributed by atoms with Crippen molar-refractivity contribution >= 4 is 18.1 Å². The second kappa shape index (κ2) is 7.14. The lowest BCUT2D eigenvalue weighted by Gasteiger charge is -2.32. The second-order valence-electron chi connectivity index (χ2n) is 8.46. The van der Waals surface area contributed by atoms with Gasteiger partial charge in [-0.05, 0) is 57.5 Å². The number of aromatic nitrogens is 2. The van der Waals surface area contributed by atoms with Crippen LogP contribution in [0, 0.1) is 5.92 Å². The SMILES string of the molecule is CC1CCCC1N(C)c1nc(NC2CCNCC2)ncc1C1(C=O)CC1. The van der Waals surface area contributed by atoms with E-state index in [1.54, 1.807) is 0 Å². The number of hydrogen-bond donors (Lipinski definition) is 2. The fourth-order valence-electron chi connectivity index (χ4n) is 4.65. The minimum absolute atomic E-state index is 0.348. The summed E-state index contributed by atoms with van der Waals surface area (Å²) < 4.78 is 0. The summed E-state index contributed by atoms with van der Waals surface area (Å²) in [4.78, 5) is 23.6. The maximum atomic E-state index is 11.8. The maximum absolute atomic E-state index is 11.8. The molecule has 2 N–H and O–H groups in total. The number of rotatable bonds is 6. The lowest BCUT2D eigenvalue weighted by atomic mass is 9.98. The monoisotopic (exact) mass is 357 g/mol. The van der Waals surface area contributed by atoms with Crippen molar-refractivity contribution in [1.82, 2.24) is 15.3 Å². The van der Waals surface area contributed by atoms with E-state index in [0.717, 1.165) is 56.4 Å². The number of nitrogens with zero attached hydrogens (tertiary/aromatic N) is 3. The minimum Gasteiger partial charge on any atom is -0.356 e. The molecule has 26 heavy (non-hydrogen) atoms. The van der Waals surface area contributed by atoms with E-state index in [9.17, 15) is 4.79 Å². The van der Waals surface area contributed by atoms with Crippen LogP contribution < -0.4 is 15.5 Å². The van der Waals surface area contributed by atoms with Crippen LogP contribution in [0.1, 0.15) is 57.4 Å². The Labute approximate surface area is 156 Å². The molecule has 3 aliphatic rings. The Morgan fingerprint density at radius 2 is 2.04 bits per heavy atom. The smallest absolute Gasteiger partial charge is 0.224 e.